The minimum absolute atomic E-state index is 0.00856. The van der Waals surface area contributed by atoms with E-state index in [1.807, 2.05) is 27.7 Å². The molecule has 1 fully saturated rings. The zero-order valence-corrected chi connectivity index (χ0v) is 11.6. The summed E-state index contributed by atoms with van der Waals surface area (Å²) in [6.45, 7) is 8.65. The number of nitrogens with zero attached hydrogens (tertiary/aromatic N) is 1. The number of ether oxygens (including phenoxy) is 1. The highest BCUT2D eigenvalue weighted by atomic mass is 16.5. The number of carboxylic acids is 1. The molecule has 0 radical (unpaired) electrons. The van der Waals surface area contributed by atoms with E-state index in [2.05, 4.69) is 0 Å². The van der Waals surface area contributed by atoms with Gasteiger partial charge in [0, 0.05) is 12.0 Å². The highest BCUT2D eigenvalue weighted by Gasteiger charge is 2.42. The minimum atomic E-state index is -0.891. The van der Waals surface area contributed by atoms with Crippen LogP contribution in [-0.4, -0.2) is 47.7 Å². The van der Waals surface area contributed by atoms with Crippen molar-refractivity contribution in [3.05, 3.63) is 0 Å². The fourth-order valence-corrected chi connectivity index (χ4v) is 2.15. The Morgan fingerprint density at radius 1 is 1.33 bits per heavy atom. The van der Waals surface area contributed by atoms with Crippen LogP contribution in [0.15, 0.2) is 0 Å². The Bertz CT molecular complexity index is 327. The molecule has 1 saturated heterocycles. The fourth-order valence-electron chi connectivity index (χ4n) is 2.15. The Morgan fingerprint density at radius 3 is 2.39 bits per heavy atom. The predicted molar refractivity (Wildman–Crippen MR) is 67.2 cm³/mol. The zero-order valence-electron chi connectivity index (χ0n) is 11.6. The van der Waals surface area contributed by atoms with Crippen molar-refractivity contribution in [1.82, 2.24) is 4.90 Å². The number of carbonyl (C=O) groups excluding carboxylic acids is 1. The molecule has 1 N–H and O–H groups in total. The Labute approximate surface area is 108 Å². The third-order valence-corrected chi connectivity index (χ3v) is 3.83. The van der Waals surface area contributed by atoms with Gasteiger partial charge in [-0.05, 0) is 13.3 Å². The third kappa shape index (κ3) is 2.83. The topological polar surface area (TPSA) is 66.8 Å². The molecule has 1 amide bonds. The van der Waals surface area contributed by atoms with E-state index in [4.69, 9.17) is 9.84 Å². The largest absolute Gasteiger partial charge is 0.481 e. The normalized spacial score (nSPS) is 24.0. The average molecular weight is 257 g/mol. The summed E-state index contributed by atoms with van der Waals surface area (Å²) in [5, 5.41) is 9.15. The number of rotatable bonds is 5. The van der Waals surface area contributed by atoms with Crippen molar-refractivity contribution in [2.24, 2.45) is 11.3 Å². The summed E-state index contributed by atoms with van der Waals surface area (Å²) in [5.74, 6) is -1.49. The van der Waals surface area contributed by atoms with E-state index in [0.717, 1.165) is 6.42 Å². The smallest absolute Gasteiger partial charge is 0.311 e. The SMILES string of the molecule is CCN(C(=O)C(C)(C)CC)C1COCC1C(=O)O. The van der Waals surface area contributed by atoms with Gasteiger partial charge in [-0.25, -0.2) is 0 Å². The lowest BCUT2D eigenvalue weighted by Crippen LogP contribution is -2.50. The molecule has 0 spiro atoms. The first-order valence-corrected chi connectivity index (χ1v) is 6.46. The van der Waals surface area contributed by atoms with Crippen molar-refractivity contribution in [3.63, 3.8) is 0 Å². The van der Waals surface area contributed by atoms with Gasteiger partial charge < -0.3 is 14.7 Å². The van der Waals surface area contributed by atoms with Crippen LogP contribution in [0.25, 0.3) is 0 Å². The number of hydrogen-bond donors (Lipinski definition) is 1. The van der Waals surface area contributed by atoms with Gasteiger partial charge in [-0.15, -0.1) is 0 Å². The van der Waals surface area contributed by atoms with Crippen LogP contribution < -0.4 is 0 Å². The molecule has 0 aromatic rings. The number of amides is 1. The lowest BCUT2D eigenvalue weighted by molar-refractivity contribution is -0.148. The second-order valence-electron chi connectivity index (χ2n) is 5.38. The summed E-state index contributed by atoms with van der Waals surface area (Å²) in [5.41, 5.74) is -0.457. The Balaban J connectivity index is 2.89. The van der Waals surface area contributed by atoms with Crippen LogP contribution in [0.2, 0.25) is 0 Å². The molecule has 1 rings (SSSR count). The lowest BCUT2D eigenvalue weighted by Gasteiger charge is -2.35. The van der Waals surface area contributed by atoms with Crippen molar-refractivity contribution in [1.29, 1.82) is 0 Å². The molecular weight excluding hydrogens is 234 g/mol. The monoisotopic (exact) mass is 257 g/mol. The molecule has 0 aromatic carbocycles. The van der Waals surface area contributed by atoms with E-state index < -0.39 is 17.3 Å². The molecule has 1 heterocycles. The average Bonchev–Trinajstić information content (AvgIpc) is 2.79. The van der Waals surface area contributed by atoms with E-state index >= 15 is 0 Å². The van der Waals surface area contributed by atoms with Crippen molar-refractivity contribution in [2.45, 2.75) is 40.2 Å². The lowest BCUT2D eigenvalue weighted by atomic mass is 9.87. The second-order valence-corrected chi connectivity index (χ2v) is 5.38. The van der Waals surface area contributed by atoms with E-state index in [9.17, 15) is 9.59 Å². The van der Waals surface area contributed by atoms with Gasteiger partial charge in [0.2, 0.25) is 5.91 Å². The van der Waals surface area contributed by atoms with E-state index in [0.29, 0.717) is 13.2 Å². The molecule has 2 atom stereocenters. The van der Waals surface area contributed by atoms with Gasteiger partial charge in [-0.1, -0.05) is 20.8 Å². The third-order valence-electron chi connectivity index (χ3n) is 3.83. The number of carbonyl (C=O) groups is 2. The fraction of sp³-hybridized carbons (Fsp3) is 0.846. The molecule has 0 saturated carbocycles. The summed E-state index contributed by atoms with van der Waals surface area (Å²) in [7, 11) is 0. The Morgan fingerprint density at radius 2 is 1.94 bits per heavy atom. The number of likely N-dealkylation sites (N-methyl/N-ethyl adjacent to an activating group) is 1. The summed E-state index contributed by atoms with van der Waals surface area (Å²) in [6, 6.07) is -0.342. The van der Waals surface area contributed by atoms with Crippen molar-refractivity contribution in [3.8, 4) is 0 Å². The predicted octanol–water partition coefficient (Wildman–Crippen LogP) is 1.37. The standard InChI is InChI=1S/C13H23NO4/c1-5-13(3,4)12(17)14(6-2)10-8-18-7-9(10)11(15)16/h9-10H,5-8H2,1-4H3,(H,15,16). The summed E-state index contributed by atoms with van der Waals surface area (Å²) < 4.78 is 5.24. The molecule has 0 bridgehead atoms. The van der Waals surface area contributed by atoms with Crippen LogP contribution in [0.5, 0.6) is 0 Å². The van der Waals surface area contributed by atoms with Gasteiger partial charge >= 0.3 is 5.97 Å². The molecule has 5 heteroatoms. The highest BCUT2D eigenvalue weighted by Crippen LogP contribution is 2.28. The van der Waals surface area contributed by atoms with Crippen molar-refractivity contribution in [2.75, 3.05) is 19.8 Å². The van der Waals surface area contributed by atoms with Crippen LogP contribution in [-0.2, 0) is 14.3 Å². The number of carboxylic acid groups (broad SMARTS) is 1. The quantitative estimate of drug-likeness (QED) is 0.807. The van der Waals surface area contributed by atoms with Gasteiger partial charge in [0.1, 0.15) is 5.92 Å². The highest BCUT2D eigenvalue weighted by molar-refractivity contribution is 5.83. The van der Waals surface area contributed by atoms with Gasteiger partial charge in [-0.2, -0.15) is 0 Å². The van der Waals surface area contributed by atoms with Crippen LogP contribution in [0.1, 0.15) is 34.1 Å². The second kappa shape index (κ2) is 5.69. The van der Waals surface area contributed by atoms with Crippen LogP contribution >= 0.6 is 0 Å². The van der Waals surface area contributed by atoms with E-state index in [-0.39, 0.29) is 18.6 Å². The first-order valence-electron chi connectivity index (χ1n) is 6.46. The summed E-state index contributed by atoms with van der Waals surface area (Å²) >= 11 is 0. The van der Waals surface area contributed by atoms with Crippen molar-refractivity contribution < 1.29 is 19.4 Å². The maximum absolute atomic E-state index is 12.5. The minimum Gasteiger partial charge on any atom is -0.481 e. The van der Waals surface area contributed by atoms with E-state index in [1.54, 1.807) is 4.90 Å². The zero-order chi connectivity index (χ0) is 13.9. The van der Waals surface area contributed by atoms with Crippen LogP contribution in [0, 0.1) is 11.3 Å². The molecule has 1 aliphatic heterocycles. The molecule has 104 valence electrons. The Hall–Kier alpha value is -1.10. The molecule has 1 aliphatic rings. The summed E-state index contributed by atoms with van der Waals surface area (Å²) in [6.07, 6.45) is 0.730. The molecule has 2 unspecified atom stereocenters. The maximum Gasteiger partial charge on any atom is 0.311 e. The first kappa shape index (κ1) is 15.0. The number of hydrogen-bond acceptors (Lipinski definition) is 3. The van der Waals surface area contributed by atoms with Gasteiger partial charge in [0.05, 0.1) is 19.3 Å². The van der Waals surface area contributed by atoms with Gasteiger partial charge in [0.25, 0.3) is 0 Å². The molecule has 5 nitrogen and oxygen atoms in total. The maximum atomic E-state index is 12.5. The van der Waals surface area contributed by atoms with Gasteiger partial charge in [-0.3, -0.25) is 9.59 Å². The molecule has 0 aliphatic carbocycles. The van der Waals surface area contributed by atoms with Crippen LogP contribution in [0.3, 0.4) is 0 Å². The van der Waals surface area contributed by atoms with E-state index in [1.165, 1.54) is 0 Å². The van der Waals surface area contributed by atoms with Crippen LogP contribution in [0.4, 0.5) is 0 Å². The molecule has 18 heavy (non-hydrogen) atoms. The Kier molecular flexibility index (Phi) is 4.73. The first-order chi connectivity index (χ1) is 8.35. The molecule has 0 aromatic heterocycles. The van der Waals surface area contributed by atoms with Gasteiger partial charge in [0.15, 0.2) is 0 Å². The summed E-state index contributed by atoms with van der Waals surface area (Å²) in [4.78, 5) is 25.3. The molecular formula is C13H23NO4. The van der Waals surface area contributed by atoms with Crippen molar-refractivity contribution >= 4 is 11.9 Å². The number of aliphatic carboxylic acids is 1.